The smallest absolute Gasteiger partial charge is 0.158 e. The van der Waals surface area contributed by atoms with E-state index in [9.17, 15) is 4.39 Å². The average Bonchev–Trinajstić information content (AvgIpc) is 2.59. The molecule has 0 aliphatic carbocycles. The molecular formula is C17H18FN5. The summed E-state index contributed by atoms with van der Waals surface area (Å²) in [5, 5.41) is 12.1. The van der Waals surface area contributed by atoms with Crippen LogP contribution in [0.15, 0.2) is 36.7 Å². The Morgan fingerprint density at radius 3 is 2.52 bits per heavy atom. The highest BCUT2D eigenvalue weighted by molar-refractivity contribution is 5.34. The molecule has 0 spiro atoms. The highest BCUT2D eigenvalue weighted by Crippen LogP contribution is 2.17. The predicted octanol–water partition coefficient (Wildman–Crippen LogP) is 2.56. The second-order valence-corrected chi connectivity index (χ2v) is 5.72. The minimum Gasteiger partial charge on any atom is -0.366 e. The molecule has 3 rings (SSSR count). The molecule has 0 amide bonds. The first-order valence-corrected chi connectivity index (χ1v) is 7.68. The van der Waals surface area contributed by atoms with Crippen molar-refractivity contribution in [1.82, 2.24) is 14.9 Å². The molecule has 2 aromatic rings. The molecule has 23 heavy (non-hydrogen) atoms. The normalized spacial score (nSPS) is 16.0. The van der Waals surface area contributed by atoms with Crippen LogP contribution in [0.1, 0.15) is 24.1 Å². The molecule has 1 aromatic heterocycles. The molecule has 118 valence electrons. The number of halogens is 1. The first-order valence-electron chi connectivity index (χ1n) is 7.68. The molecule has 6 heteroatoms. The van der Waals surface area contributed by atoms with Crippen molar-refractivity contribution in [2.75, 3.05) is 18.4 Å². The van der Waals surface area contributed by atoms with E-state index in [0.717, 1.165) is 38.0 Å². The lowest BCUT2D eigenvalue weighted by atomic mass is 10.0. The van der Waals surface area contributed by atoms with Crippen molar-refractivity contribution >= 4 is 5.82 Å². The molecule has 1 fully saturated rings. The number of nitrogens with one attached hydrogen (secondary N) is 1. The van der Waals surface area contributed by atoms with Crippen LogP contribution in [0, 0.1) is 17.1 Å². The summed E-state index contributed by atoms with van der Waals surface area (Å²) < 4.78 is 12.9. The third kappa shape index (κ3) is 4.24. The van der Waals surface area contributed by atoms with Gasteiger partial charge in [-0.05, 0) is 30.5 Å². The maximum Gasteiger partial charge on any atom is 0.158 e. The van der Waals surface area contributed by atoms with Gasteiger partial charge in [-0.25, -0.2) is 14.4 Å². The number of rotatable bonds is 4. The van der Waals surface area contributed by atoms with Crippen molar-refractivity contribution in [3.8, 4) is 6.07 Å². The largest absolute Gasteiger partial charge is 0.366 e. The van der Waals surface area contributed by atoms with Gasteiger partial charge in [-0.2, -0.15) is 5.26 Å². The molecule has 2 heterocycles. The van der Waals surface area contributed by atoms with E-state index in [4.69, 9.17) is 5.26 Å². The van der Waals surface area contributed by atoms with Crippen LogP contribution in [-0.2, 0) is 6.54 Å². The fourth-order valence-electron chi connectivity index (χ4n) is 2.75. The summed E-state index contributed by atoms with van der Waals surface area (Å²) in [5.74, 6) is 0.515. The molecule has 1 aromatic carbocycles. The third-order valence-electron chi connectivity index (χ3n) is 4.03. The minimum atomic E-state index is -0.194. The van der Waals surface area contributed by atoms with Crippen LogP contribution < -0.4 is 5.32 Å². The summed E-state index contributed by atoms with van der Waals surface area (Å²) in [5.41, 5.74) is 1.46. The van der Waals surface area contributed by atoms with Gasteiger partial charge in [0.05, 0.1) is 12.4 Å². The third-order valence-corrected chi connectivity index (χ3v) is 4.03. The zero-order valence-corrected chi connectivity index (χ0v) is 12.7. The fraction of sp³-hybridized carbons (Fsp3) is 0.353. The maximum absolute atomic E-state index is 12.9. The standard InChI is InChI=1S/C17H18FN5/c18-14-3-1-13(2-4-14)12-23-7-5-15(6-8-23)22-17-11-20-16(9-19)10-21-17/h1-4,10-11,15H,5-8,12H2,(H,21,22). The van der Waals surface area contributed by atoms with Crippen molar-refractivity contribution < 1.29 is 4.39 Å². The second kappa shape index (κ2) is 7.16. The first-order chi connectivity index (χ1) is 11.2. The first kappa shape index (κ1) is 15.4. The van der Waals surface area contributed by atoms with Crippen LogP contribution in [0.25, 0.3) is 0 Å². The molecule has 0 radical (unpaired) electrons. The lowest BCUT2D eigenvalue weighted by molar-refractivity contribution is 0.211. The van der Waals surface area contributed by atoms with Gasteiger partial charge in [0.15, 0.2) is 5.69 Å². The van der Waals surface area contributed by atoms with Gasteiger partial charge in [0.2, 0.25) is 0 Å². The number of aromatic nitrogens is 2. The molecule has 0 bridgehead atoms. The van der Waals surface area contributed by atoms with Gasteiger partial charge in [-0.1, -0.05) is 12.1 Å². The summed E-state index contributed by atoms with van der Waals surface area (Å²) in [6.07, 6.45) is 5.11. The number of benzene rings is 1. The molecule has 0 atom stereocenters. The van der Waals surface area contributed by atoms with Gasteiger partial charge < -0.3 is 5.32 Å². The van der Waals surface area contributed by atoms with Crippen LogP contribution in [-0.4, -0.2) is 34.0 Å². The number of likely N-dealkylation sites (tertiary alicyclic amines) is 1. The molecule has 0 unspecified atom stereocenters. The van der Waals surface area contributed by atoms with Crippen LogP contribution in [0.5, 0.6) is 0 Å². The van der Waals surface area contributed by atoms with E-state index in [1.54, 1.807) is 6.20 Å². The summed E-state index contributed by atoms with van der Waals surface area (Å²) >= 11 is 0. The van der Waals surface area contributed by atoms with Crippen molar-refractivity contribution in [2.45, 2.75) is 25.4 Å². The zero-order chi connectivity index (χ0) is 16.1. The Hall–Kier alpha value is -2.52. The van der Waals surface area contributed by atoms with Crippen molar-refractivity contribution in [3.05, 3.63) is 53.7 Å². The van der Waals surface area contributed by atoms with E-state index in [2.05, 4.69) is 20.2 Å². The Labute approximate surface area is 134 Å². The topological polar surface area (TPSA) is 64.8 Å². The number of anilines is 1. The van der Waals surface area contributed by atoms with Crippen molar-refractivity contribution in [3.63, 3.8) is 0 Å². The molecule has 5 nitrogen and oxygen atoms in total. The van der Waals surface area contributed by atoms with Gasteiger partial charge in [-0.3, -0.25) is 4.90 Å². The van der Waals surface area contributed by atoms with Crippen LogP contribution in [0.2, 0.25) is 0 Å². The monoisotopic (exact) mass is 311 g/mol. The Balaban J connectivity index is 1.48. The number of hydrogen-bond acceptors (Lipinski definition) is 5. The number of hydrogen-bond donors (Lipinski definition) is 1. The summed E-state index contributed by atoms with van der Waals surface area (Å²) in [7, 11) is 0. The number of nitrogens with zero attached hydrogens (tertiary/aromatic N) is 4. The fourth-order valence-corrected chi connectivity index (χ4v) is 2.75. The highest BCUT2D eigenvalue weighted by atomic mass is 19.1. The summed E-state index contributed by atoms with van der Waals surface area (Å²) in [6, 6.07) is 9.01. The lowest BCUT2D eigenvalue weighted by Crippen LogP contribution is -2.38. The molecule has 1 aliphatic heterocycles. The Kier molecular flexibility index (Phi) is 4.79. The summed E-state index contributed by atoms with van der Waals surface area (Å²) in [4.78, 5) is 10.6. The maximum atomic E-state index is 12.9. The second-order valence-electron chi connectivity index (χ2n) is 5.72. The van der Waals surface area contributed by atoms with Crippen molar-refractivity contribution in [2.24, 2.45) is 0 Å². The SMILES string of the molecule is N#Cc1cnc(NC2CCN(Cc3ccc(F)cc3)CC2)cn1. The zero-order valence-electron chi connectivity index (χ0n) is 12.7. The summed E-state index contributed by atoms with van der Waals surface area (Å²) in [6.45, 7) is 2.82. The van der Waals surface area contributed by atoms with E-state index in [1.807, 2.05) is 18.2 Å². The van der Waals surface area contributed by atoms with Gasteiger partial charge in [0.1, 0.15) is 17.7 Å². The van der Waals surface area contributed by atoms with Crippen molar-refractivity contribution in [1.29, 1.82) is 5.26 Å². The van der Waals surface area contributed by atoms with E-state index in [0.29, 0.717) is 17.6 Å². The Bertz CT molecular complexity index is 670. The van der Waals surface area contributed by atoms with E-state index < -0.39 is 0 Å². The minimum absolute atomic E-state index is 0.194. The highest BCUT2D eigenvalue weighted by Gasteiger charge is 2.19. The van der Waals surface area contributed by atoms with Gasteiger partial charge in [0.25, 0.3) is 0 Å². The molecule has 1 N–H and O–H groups in total. The number of nitriles is 1. The molecule has 1 aliphatic rings. The molecular weight excluding hydrogens is 293 g/mol. The van der Waals surface area contributed by atoms with E-state index >= 15 is 0 Å². The van der Waals surface area contributed by atoms with Crippen LogP contribution >= 0.6 is 0 Å². The quantitative estimate of drug-likeness (QED) is 0.940. The predicted molar refractivity (Wildman–Crippen MR) is 85.1 cm³/mol. The van der Waals surface area contributed by atoms with E-state index in [-0.39, 0.29) is 5.82 Å². The Morgan fingerprint density at radius 1 is 1.17 bits per heavy atom. The Morgan fingerprint density at radius 2 is 1.91 bits per heavy atom. The van der Waals surface area contributed by atoms with Gasteiger partial charge >= 0.3 is 0 Å². The lowest BCUT2D eigenvalue weighted by Gasteiger charge is -2.32. The van der Waals surface area contributed by atoms with Gasteiger partial charge in [0, 0.05) is 25.7 Å². The molecule has 1 saturated heterocycles. The number of piperidine rings is 1. The van der Waals surface area contributed by atoms with Crippen LogP contribution in [0.3, 0.4) is 0 Å². The van der Waals surface area contributed by atoms with E-state index in [1.165, 1.54) is 18.3 Å². The van der Waals surface area contributed by atoms with Gasteiger partial charge in [-0.15, -0.1) is 0 Å². The average molecular weight is 311 g/mol. The molecule has 0 saturated carbocycles. The van der Waals surface area contributed by atoms with Crippen LogP contribution in [0.4, 0.5) is 10.2 Å².